The zero-order valence-corrected chi connectivity index (χ0v) is 50.7. The summed E-state index contributed by atoms with van der Waals surface area (Å²) in [5.74, 6) is -1.17. The highest BCUT2D eigenvalue weighted by Gasteiger charge is 2.63. The molecular formula is C65H80BFN10O8. The zero-order valence-electron chi connectivity index (χ0n) is 50.7. The number of likely N-dealkylation sites (tertiary alicyclic amines) is 4. The van der Waals surface area contributed by atoms with Crippen LogP contribution in [-0.4, -0.2) is 164 Å². The molecule has 2 saturated carbocycles. The van der Waals surface area contributed by atoms with Crippen molar-refractivity contribution in [2.45, 2.75) is 179 Å². The van der Waals surface area contributed by atoms with Gasteiger partial charge < -0.3 is 53.7 Å². The standard InChI is InChI=1S/C38H42FN7O4.C27H38BN3O4/c1-21(2)45-20-40-32-17-30(41-35(34(32)45)42-31-16-27(36(48)49)22(3)12-29(31)39)24-8-9-28-33(13-24)46(37(50)38(28)18-44(19-38)23(4)47)26-14-25(15-26)43-10-6-5-7-11-43;1-18(32)30-16-27(17-30)22-10-9-19(28-34-25(2,3)26(4,5)35-28)13-23(22)31(24(27)33)21-14-20(15-21)29-11-7-6-8-12-29/h8-9,12-13,16-17,20-21,25-26H,5-7,10-11,14-15,18-19H2,1-4H3,(H,41,42)(H,48,49);9-10,13,20-21H,6-8,11-12,14-17H2,1-5H3. The average molecular weight is 1160 g/mol. The van der Waals surface area contributed by atoms with Crippen LogP contribution in [-0.2, 0) is 39.3 Å². The van der Waals surface area contributed by atoms with E-state index in [1.165, 1.54) is 63.7 Å². The normalized spacial score (nSPS) is 25.3. The van der Waals surface area contributed by atoms with Crippen LogP contribution < -0.4 is 20.6 Å². The molecule has 7 fully saturated rings. The number of aromatic carboxylic acids is 1. The lowest BCUT2D eigenvalue weighted by molar-refractivity contribution is -0.144. The van der Waals surface area contributed by atoms with Gasteiger partial charge in [0.25, 0.3) is 0 Å². The average Bonchev–Trinajstić information content (AvgIpc) is 1.58. The first-order chi connectivity index (χ1) is 40.5. The first-order valence-corrected chi connectivity index (χ1v) is 31.0. The second-order valence-corrected chi connectivity index (χ2v) is 27.2. The van der Waals surface area contributed by atoms with Crippen LogP contribution in [0.2, 0.25) is 0 Å². The summed E-state index contributed by atoms with van der Waals surface area (Å²) in [6.07, 6.45) is 13.3. The number of imidazole rings is 1. The largest absolute Gasteiger partial charge is 0.494 e. The molecule has 0 radical (unpaired) electrons. The Hall–Kier alpha value is -6.74. The fourth-order valence-electron chi connectivity index (χ4n) is 15.0. The second kappa shape index (κ2) is 21.0. The van der Waals surface area contributed by atoms with Gasteiger partial charge >= 0.3 is 13.1 Å². The Kier molecular flexibility index (Phi) is 14.2. The van der Waals surface area contributed by atoms with Gasteiger partial charge in [0.1, 0.15) is 22.2 Å². The van der Waals surface area contributed by atoms with Crippen molar-refractivity contribution >= 4 is 76.1 Å². The van der Waals surface area contributed by atoms with E-state index in [9.17, 15) is 29.1 Å². The lowest BCUT2D eigenvalue weighted by atomic mass is 9.72. The van der Waals surface area contributed by atoms with Crippen LogP contribution in [0.15, 0.2) is 60.9 Å². The SMILES string of the molecule is CC(=O)N1CC2(C1)C(=O)N(C1CC(N3CCCCC3)C1)c1cc(-c3cc4ncn(C(C)C)c4c(Nc4cc(C(=O)O)c(C)cc4F)n3)ccc12.CC(=O)N1CC2(C1)C(=O)N(C1CC(N3CCCCC3)C1)c1cc(B3OC(C)(C)C(C)(C)O3)ccc12. The Labute approximate surface area is 497 Å². The first kappa shape index (κ1) is 57.3. The molecule has 3 aromatic carbocycles. The number of halogens is 1. The molecule has 2 aromatic heterocycles. The van der Waals surface area contributed by atoms with Crippen LogP contribution in [0.5, 0.6) is 0 Å². The maximum absolute atomic E-state index is 15.3. The van der Waals surface area contributed by atoms with Crippen LogP contribution in [0.1, 0.15) is 153 Å². The number of carboxylic acids is 1. The van der Waals surface area contributed by atoms with Crippen molar-refractivity contribution in [2.24, 2.45) is 0 Å². The lowest BCUT2D eigenvalue weighted by Gasteiger charge is -2.50. The molecule has 2 N–H and O–H groups in total. The van der Waals surface area contributed by atoms with Crippen LogP contribution in [0.4, 0.5) is 27.3 Å². The lowest BCUT2D eigenvalue weighted by Crippen LogP contribution is -2.66. The number of aromatic nitrogens is 3. The number of nitrogens with one attached hydrogen (secondary N) is 1. The molecule has 20 heteroatoms. The molecule has 5 aromatic rings. The smallest absolute Gasteiger partial charge is 0.478 e. The molecule has 5 saturated heterocycles. The Morgan fingerprint density at radius 1 is 0.694 bits per heavy atom. The third-order valence-corrected chi connectivity index (χ3v) is 21.0. The van der Waals surface area contributed by atoms with Crippen molar-refractivity contribution in [3.05, 3.63) is 89.0 Å². The molecule has 9 heterocycles. The van der Waals surface area contributed by atoms with Crippen molar-refractivity contribution in [1.29, 1.82) is 0 Å². The molecule has 9 aliphatic rings. The minimum absolute atomic E-state index is 0.00336. The predicted octanol–water partition coefficient (Wildman–Crippen LogP) is 8.48. The number of rotatable bonds is 10. The van der Waals surface area contributed by atoms with Crippen molar-refractivity contribution in [3.63, 3.8) is 0 Å². The fraction of sp³-hybridized carbons (Fsp3) is 0.554. The van der Waals surface area contributed by atoms with E-state index >= 15 is 4.39 Å². The van der Waals surface area contributed by atoms with E-state index in [0.29, 0.717) is 66.4 Å². The molecule has 85 heavy (non-hydrogen) atoms. The second-order valence-electron chi connectivity index (χ2n) is 27.2. The summed E-state index contributed by atoms with van der Waals surface area (Å²) >= 11 is 0. The van der Waals surface area contributed by atoms with Gasteiger partial charge in [-0.25, -0.2) is 19.2 Å². The fourth-order valence-corrected chi connectivity index (χ4v) is 15.0. The van der Waals surface area contributed by atoms with Gasteiger partial charge in [0.05, 0.1) is 40.0 Å². The summed E-state index contributed by atoms with van der Waals surface area (Å²) in [7, 11) is -0.462. The molecule has 0 atom stereocenters. The van der Waals surface area contributed by atoms with Crippen molar-refractivity contribution in [1.82, 2.24) is 34.1 Å². The maximum Gasteiger partial charge on any atom is 0.494 e. The molecule has 2 aliphatic carbocycles. The van der Waals surface area contributed by atoms with Gasteiger partial charge in [-0.15, -0.1) is 0 Å². The Balaban J connectivity index is 0.000000168. The zero-order chi connectivity index (χ0) is 59.8. The molecule has 2 spiro atoms. The minimum atomic E-state index is -1.15. The predicted molar refractivity (Wildman–Crippen MR) is 324 cm³/mol. The number of carbonyl (C=O) groups is 5. The van der Waals surface area contributed by atoms with Crippen LogP contribution in [0.3, 0.4) is 0 Å². The summed E-state index contributed by atoms with van der Waals surface area (Å²) in [6.45, 7) is 23.3. The van der Waals surface area contributed by atoms with Crippen LogP contribution >= 0.6 is 0 Å². The number of pyridine rings is 1. The number of benzene rings is 3. The molecule has 7 aliphatic heterocycles. The third kappa shape index (κ3) is 9.45. The van der Waals surface area contributed by atoms with E-state index in [2.05, 4.69) is 64.8 Å². The Bertz CT molecular complexity index is 3530. The van der Waals surface area contributed by atoms with E-state index in [0.717, 1.165) is 72.3 Å². The molecule has 4 amide bonds. The number of piperidine rings is 2. The van der Waals surface area contributed by atoms with Gasteiger partial charge in [0.2, 0.25) is 23.6 Å². The maximum atomic E-state index is 15.3. The highest BCUT2D eigenvalue weighted by Crippen LogP contribution is 2.53. The van der Waals surface area contributed by atoms with E-state index in [4.69, 9.17) is 14.3 Å². The number of anilines is 4. The summed E-state index contributed by atoms with van der Waals surface area (Å²) in [5.41, 5.74) is 5.57. The molecule has 448 valence electrons. The van der Waals surface area contributed by atoms with Crippen LogP contribution in [0, 0.1) is 12.7 Å². The number of aryl methyl sites for hydroxylation is 1. The highest BCUT2D eigenvalue weighted by molar-refractivity contribution is 6.62. The van der Waals surface area contributed by atoms with Gasteiger partial charge in [-0.2, -0.15) is 0 Å². The molecule has 14 rings (SSSR count). The van der Waals surface area contributed by atoms with Crippen LogP contribution in [0.25, 0.3) is 22.3 Å². The van der Waals surface area contributed by atoms with E-state index in [-0.39, 0.29) is 53.0 Å². The highest BCUT2D eigenvalue weighted by atomic mass is 19.1. The number of fused-ring (bicyclic) bond motifs is 5. The number of hydrogen-bond donors (Lipinski definition) is 2. The van der Waals surface area contributed by atoms with E-state index in [1.807, 2.05) is 53.6 Å². The Morgan fingerprint density at radius 3 is 1.69 bits per heavy atom. The summed E-state index contributed by atoms with van der Waals surface area (Å²) < 4.78 is 29.9. The molecular weight excluding hydrogens is 1080 g/mol. The van der Waals surface area contributed by atoms with Gasteiger partial charge in [0, 0.05) is 87.2 Å². The quantitative estimate of drug-likeness (QED) is 0.127. The van der Waals surface area contributed by atoms with E-state index in [1.54, 1.807) is 36.9 Å². The first-order valence-electron chi connectivity index (χ1n) is 31.0. The third-order valence-electron chi connectivity index (χ3n) is 21.0. The van der Waals surface area contributed by atoms with Crippen molar-refractivity contribution in [2.75, 3.05) is 67.5 Å². The number of carboxylic acid groups (broad SMARTS) is 1. The monoisotopic (exact) mass is 1160 g/mol. The number of hydrogen-bond acceptors (Lipinski definition) is 12. The number of carbonyl (C=O) groups excluding carboxylic acids is 4. The van der Waals surface area contributed by atoms with Gasteiger partial charge in [-0.3, -0.25) is 19.2 Å². The van der Waals surface area contributed by atoms with Crippen molar-refractivity contribution in [3.8, 4) is 11.3 Å². The summed E-state index contributed by atoms with van der Waals surface area (Å²) in [4.78, 5) is 87.0. The van der Waals surface area contributed by atoms with Gasteiger partial charge in [0.15, 0.2) is 5.82 Å². The Morgan fingerprint density at radius 2 is 1.20 bits per heavy atom. The minimum Gasteiger partial charge on any atom is -0.478 e. The van der Waals surface area contributed by atoms with Gasteiger partial charge in [-0.05, 0) is 178 Å². The number of nitrogens with zero attached hydrogens (tertiary/aromatic N) is 9. The molecule has 0 unspecified atom stereocenters. The topological polar surface area (TPSA) is 186 Å². The van der Waals surface area contributed by atoms with Crippen molar-refractivity contribution < 1.29 is 42.8 Å². The molecule has 18 nitrogen and oxygen atoms in total. The number of amides is 4. The van der Waals surface area contributed by atoms with E-state index < -0.39 is 40.9 Å². The molecule has 0 bridgehead atoms. The summed E-state index contributed by atoms with van der Waals surface area (Å²) in [6, 6.07) is 18.0. The summed E-state index contributed by atoms with van der Waals surface area (Å²) in [5, 5.41) is 12.8. The van der Waals surface area contributed by atoms with Gasteiger partial charge in [-0.1, -0.05) is 37.1 Å².